The molecule has 4 aromatic rings. The van der Waals surface area contributed by atoms with Crippen molar-refractivity contribution in [1.29, 1.82) is 0 Å². The second-order valence-corrected chi connectivity index (χ2v) is 6.26. The standard InChI is InChI=1S/C17H14N4S/c1-11-10-19-21(15-7-3-5-12(2)20-15)16(11)14-9-13-6-4-8-18-17(13)22-14/h3-10H,1-2H3. The lowest BCUT2D eigenvalue weighted by Gasteiger charge is -2.06. The Morgan fingerprint density at radius 3 is 2.82 bits per heavy atom. The smallest absolute Gasteiger partial charge is 0.154 e. The minimum Gasteiger partial charge on any atom is -0.245 e. The lowest BCUT2D eigenvalue weighted by Crippen LogP contribution is -2.02. The van der Waals surface area contributed by atoms with Crippen molar-refractivity contribution in [1.82, 2.24) is 19.7 Å². The summed E-state index contributed by atoms with van der Waals surface area (Å²) in [5.41, 5.74) is 3.20. The van der Waals surface area contributed by atoms with E-state index in [1.807, 2.05) is 48.3 Å². The van der Waals surface area contributed by atoms with Crippen LogP contribution >= 0.6 is 11.3 Å². The summed E-state index contributed by atoms with van der Waals surface area (Å²) in [6.07, 6.45) is 3.71. The van der Waals surface area contributed by atoms with Gasteiger partial charge in [-0.25, -0.2) is 14.6 Å². The fourth-order valence-corrected chi connectivity index (χ4v) is 3.64. The van der Waals surface area contributed by atoms with Crippen LogP contribution in [0.2, 0.25) is 0 Å². The predicted octanol–water partition coefficient (Wildman–Crippen LogP) is 4.16. The third-order valence-electron chi connectivity index (χ3n) is 3.57. The molecule has 0 fully saturated rings. The normalized spacial score (nSPS) is 11.2. The van der Waals surface area contributed by atoms with E-state index in [1.165, 1.54) is 0 Å². The SMILES string of the molecule is Cc1cccc(-n2ncc(C)c2-c2cc3cccnc3s2)n1. The van der Waals surface area contributed by atoms with E-state index in [4.69, 9.17) is 0 Å². The molecule has 0 atom stereocenters. The van der Waals surface area contributed by atoms with E-state index in [9.17, 15) is 0 Å². The number of hydrogen-bond donors (Lipinski definition) is 0. The molecule has 0 unspecified atom stereocenters. The van der Waals surface area contributed by atoms with Crippen LogP contribution in [0.1, 0.15) is 11.3 Å². The zero-order valence-corrected chi connectivity index (χ0v) is 13.1. The highest BCUT2D eigenvalue weighted by molar-refractivity contribution is 7.21. The van der Waals surface area contributed by atoms with E-state index in [1.54, 1.807) is 11.3 Å². The zero-order valence-electron chi connectivity index (χ0n) is 12.3. The molecule has 108 valence electrons. The Morgan fingerprint density at radius 1 is 1.09 bits per heavy atom. The van der Waals surface area contributed by atoms with Gasteiger partial charge in [0.2, 0.25) is 0 Å². The van der Waals surface area contributed by atoms with E-state index in [0.29, 0.717) is 0 Å². The molecular weight excluding hydrogens is 292 g/mol. The van der Waals surface area contributed by atoms with E-state index >= 15 is 0 Å². The van der Waals surface area contributed by atoms with Gasteiger partial charge in [-0.15, -0.1) is 11.3 Å². The van der Waals surface area contributed by atoms with E-state index < -0.39 is 0 Å². The van der Waals surface area contributed by atoms with Crippen molar-refractivity contribution in [2.45, 2.75) is 13.8 Å². The largest absolute Gasteiger partial charge is 0.245 e. The van der Waals surface area contributed by atoms with Crippen molar-refractivity contribution < 1.29 is 0 Å². The molecule has 4 aromatic heterocycles. The van der Waals surface area contributed by atoms with Gasteiger partial charge in [-0.05, 0) is 43.7 Å². The number of aromatic nitrogens is 4. The van der Waals surface area contributed by atoms with Gasteiger partial charge >= 0.3 is 0 Å². The highest BCUT2D eigenvalue weighted by Crippen LogP contribution is 2.34. The summed E-state index contributed by atoms with van der Waals surface area (Å²) in [6.45, 7) is 4.06. The van der Waals surface area contributed by atoms with Gasteiger partial charge in [-0.2, -0.15) is 5.10 Å². The highest BCUT2D eigenvalue weighted by atomic mass is 32.1. The van der Waals surface area contributed by atoms with Crippen molar-refractivity contribution in [3.8, 4) is 16.4 Å². The summed E-state index contributed by atoms with van der Waals surface area (Å²) in [5, 5.41) is 5.67. The molecule has 4 rings (SSSR count). The topological polar surface area (TPSA) is 43.6 Å². The van der Waals surface area contributed by atoms with E-state index in [-0.39, 0.29) is 0 Å². The molecule has 22 heavy (non-hydrogen) atoms. The first kappa shape index (κ1) is 13.2. The molecule has 0 radical (unpaired) electrons. The van der Waals surface area contributed by atoms with Crippen molar-refractivity contribution >= 4 is 21.6 Å². The summed E-state index contributed by atoms with van der Waals surface area (Å²) < 4.78 is 1.91. The molecule has 0 N–H and O–H groups in total. The molecule has 4 nitrogen and oxygen atoms in total. The molecule has 0 aliphatic heterocycles. The van der Waals surface area contributed by atoms with Crippen LogP contribution in [0.25, 0.3) is 26.6 Å². The van der Waals surface area contributed by atoms with E-state index in [2.05, 4.69) is 34.1 Å². The lowest BCUT2D eigenvalue weighted by molar-refractivity contribution is 0.849. The highest BCUT2D eigenvalue weighted by Gasteiger charge is 2.15. The lowest BCUT2D eigenvalue weighted by atomic mass is 10.2. The van der Waals surface area contributed by atoms with Gasteiger partial charge in [0.1, 0.15) is 4.83 Å². The Hall–Kier alpha value is -2.53. The molecule has 0 bridgehead atoms. The second kappa shape index (κ2) is 5.03. The summed E-state index contributed by atoms with van der Waals surface area (Å²) in [4.78, 5) is 11.2. The van der Waals surface area contributed by atoms with Crippen molar-refractivity contribution in [2.24, 2.45) is 0 Å². The maximum absolute atomic E-state index is 4.59. The number of nitrogens with zero attached hydrogens (tertiary/aromatic N) is 4. The number of hydrogen-bond acceptors (Lipinski definition) is 4. The first-order valence-corrected chi connectivity index (χ1v) is 7.87. The first-order chi connectivity index (χ1) is 10.7. The third-order valence-corrected chi connectivity index (χ3v) is 4.64. The number of pyridine rings is 2. The van der Waals surface area contributed by atoms with Crippen LogP contribution in [0.4, 0.5) is 0 Å². The number of rotatable bonds is 2. The molecule has 0 spiro atoms. The number of aryl methyl sites for hydroxylation is 2. The Morgan fingerprint density at radius 2 is 2.00 bits per heavy atom. The second-order valence-electron chi connectivity index (χ2n) is 5.23. The van der Waals surface area contributed by atoms with Crippen LogP contribution in [0, 0.1) is 13.8 Å². The molecular formula is C17H14N4S. The summed E-state index contributed by atoms with van der Waals surface area (Å²) in [5.74, 6) is 0.841. The van der Waals surface area contributed by atoms with Crippen LogP contribution in [-0.4, -0.2) is 19.7 Å². The fraction of sp³-hybridized carbons (Fsp3) is 0.118. The predicted molar refractivity (Wildman–Crippen MR) is 89.4 cm³/mol. The average molecular weight is 306 g/mol. The number of thiophene rings is 1. The Bertz CT molecular complexity index is 935. The third kappa shape index (κ3) is 2.10. The first-order valence-electron chi connectivity index (χ1n) is 7.06. The summed E-state index contributed by atoms with van der Waals surface area (Å²) in [7, 11) is 0. The van der Waals surface area contributed by atoms with Crippen LogP contribution in [-0.2, 0) is 0 Å². The number of fused-ring (bicyclic) bond motifs is 1. The molecule has 4 heterocycles. The van der Waals surface area contributed by atoms with Crippen molar-refractivity contribution in [3.63, 3.8) is 0 Å². The molecule has 0 saturated heterocycles. The van der Waals surface area contributed by atoms with Gasteiger partial charge < -0.3 is 0 Å². The quantitative estimate of drug-likeness (QED) is 0.558. The maximum Gasteiger partial charge on any atom is 0.154 e. The molecule has 0 aliphatic rings. The van der Waals surface area contributed by atoms with Gasteiger partial charge in [-0.3, -0.25) is 0 Å². The molecule has 5 heteroatoms. The fourth-order valence-electron chi connectivity index (χ4n) is 2.54. The Labute approximate surface area is 132 Å². The average Bonchev–Trinajstić information content (AvgIpc) is 3.10. The Kier molecular flexibility index (Phi) is 3.01. The minimum atomic E-state index is 0.841. The van der Waals surface area contributed by atoms with Crippen LogP contribution in [0.15, 0.2) is 48.8 Å². The summed E-state index contributed by atoms with van der Waals surface area (Å²) >= 11 is 1.68. The molecule has 0 aromatic carbocycles. The van der Waals surface area contributed by atoms with Crippen LogP contribution in [0.3, 0.4) is 0 Å². The van der Waals surface area contributed by atoms with Gasteiger partial charge in [0.15, 0.2) is 5.82 Å². The minimum absolute atomic E-state index is 0.841. The zero-order chi connectivity index (χ0) is 15.1. The monoisotopic (exact) mass is 306 g/mol. The van der Waals surface area contributed by atoms with Crippen LogP contribution in [0.5, 0.6) is 0 Å². The molecule has 0 amide bonds. The molecule has 0 aliphatic carbocycles. The van der Waals surface area contributed by atoms with Crippen LogP contribution < -0.4 is 0 Å². The van der Waals surface area contributed by atoms with E-state index in [0.717, 1.165) is 37.9 Å². The van der Waals surface area contributed by atoms with Gasteiger partial charge in [0.05, 0.1) is 16.8 Å². The van der Waals surface area contributed by atoms with Gasteiger partial charge in [0.25, 0.3) is 0 Å². The summed E-state index contributed by atoms with van der Waals surface area (Å²) in [6, 6.07) is 12.2. The van der Waals surface area contributed by atoms with Crippen molar-refractivity contribution in [2.75, 3.05) is 0 Å². The maximum atomic E-state index is 4.59. The van der Waals surface area contributed by atoms with Crippen molar-refractivity contribution in [3.05, 3.63) is 60.0 Å². The van der Waals surface area contributed by atoms with Gasteiger partial charge in [-0.1, -0.05) is 12.1 Å². The Balaban J connectivity index is 1.93. The van der Waals surface area contributed by atoms with Gasteiger partial charge in [0, 0.05) is 17.3 Å². The molecule has 0 saturated carbocycles.